The van der Waals surface area contributed by atoms with Crippen molar-refractivity contribution in [2.75, 3.05) is 7.11 Å². The number of rotatable bonds is 3. The minimum Gasteiger partial charge on any atom is -0.467 e. The van der Waals surface area contributed by atoms with Gasteiger partial charge in [0.2, 0.25) is 0 Å². The quantitative estimate of drug-likeness (QED) is 0.802. The second-order valence-electron chi connectivity index (χ2n) is 3.42. The average molecular weight is 230 g/mol. The highest BCUT2D eigenvalue weighted by atomic mass is 19.1. The third kappa shape index (κ3) is 2.55. The molecular formula is C11H12F2O3. The Morgan fingerprint density at radius 3 is 2.62 bits per heavy atom. The van der Waals surface area contributed by atoms with Crippen molar-refractivity contribution in [1.29, 1.82) is 0 Å². The summed E-state index contributed by atoms with van der Waals surface area (Å²) in [5.41, 5.74) is -0.0575. The lowest BCUT2D eigenvalue weighted by Crippen LogP contribution is -2.28. The zero-order valence-electron chi connectivity index (χ0n) is 8.91. The number of methoxy groups -OCH3 is 1. The van der Waals surface area contributed by atoms with E-state index in [1.54, 1.807) is 0 Å². The van der Waals surface area contributed by atoms with Gasteiger partial charge < -0.3 is 9.84 Å². The molecule has 5 heteroatoms. The van der Waals surface area contributed by atoms with Gasteiger partial charge in [-0.15, -0.1) is 0 Å². The lowest BCUT2D eigenvalue weighted by molar-refractivity contribution is -0.151. The van der Waals surface area contributed by atoms with Crippen molar-refractivity contribution in [3.8, 4) is 0 Å². The standard InChI is InChI=1S/C11H12F2O3/c1-6(10(14)11(15)16-2)8-5-7(12)3-4-9(8)13/h3-6,10,14H,1-2H3. The van der Waals surface area contributed by atoms with E-state index in [1.165, 1.54) is 6.92 Å². The first-order chi connectivity index (χ1) is 7.47. The number of benzene rings is 1. The Labute approximate surface area is 91.7 Å². The summed E-state index contributed by atoms with van der Waals surface area (Å²) in [5.74, 6) is -3.04. The maximum atomic E-state index is 13.3. The SMILES string of the molecule is COC(=O)C(O)C(C)c1cc(F)ccc1F. The van der Waals surface area contributed by atoms with Gasteiger partial charge in [0.25, 0.3) is 0 Å². The molecule has 1 aromatic rings. The van der Waals surface area contributed by atoms with Crippen LogP contribution in [0.15, 0.2) is 18.2 Å². The summed E-state index contributed by atoms with van der Waals surface area (Å²) < 4.78 is 30.5. The second kappa shape index (κ2) is 5.03. The van der Waals surface area contributed by atoms with Crippen LogP contribution in [-0.4, -0.2) is 24.3 Å². The molecule has 0 aromatic heterocycles. The van der Waals surface area contributed by atoms with Gasteiger partial charge in [0.15, 0.2) is 6.10 Å². The summed E-state index contributed by atoms with van der Waals surface area (Å²) in [6.07, 6.45) is -1.51. The first-order valence-corrected chi connectivity index (χ1v) is 4.68. The van der Waals surface area contributed by atoms with Crippen LogP contribution in [0.3, 0.4) is 0 Å². The second-order valence-corrected chi connectivity index (χ2v) is 3.42. The van der Waals surface area contributed by atoms with Crippen LogP contribution in [0.5, 0.6) is 0 Å². The molecule has 0 amide bonds. The fourth-order valence-electron chi connectivity index (χ4n) is 1.36. The Morgan fingerprint density at radius 1 is 1.44 bits per heavy atom. The lowest BCUT2D eigenvalue weighted by Gasteiger charge is -2.17. The van der Waals surface area contributed by atoms with Crippen LogP contribution in [-0.2, 0) is 9.53 Å². The zero-order valence-corrected chi connectivity index (χ0v) is 8.91. The molecule has 0 saturated heterocycles. The summed E-state index contributed by atoms with van der Waals surface area (Å²) in [6, 6.07) is 2.87. The maximum absolute atomic E-state index is 13.3. The minimum atomic E-state index is -1.51. The van der Waals surface area contributed by atoms with Crippen LogP contribution < -0.4 is 0 Å². The Balaban J connectivity index is 2.99. The van der Waals surface area contributed by atoms with Crippen molar-refractivity contribution >= 4 is 5.97 Å². The van der Waals surface area contributed by atoms with Crippen LogP contribution in [0.25, 0.3) is 0 Å². The molecule has 2 unspecified atom stereocenters. The topological polar surface area (TPSA) is 46.5 Å². The summed E-state index contributed by atoms with van der Waals surface area (Å²) >= 11 is 0. The van der Waals surface area contributed by atoms with Crippen LogP contribution in [0, 0.1) is 11.6 Å². The molecule has 0 spiro atoms. The molecule has 1 aromatic carbocycles. The summed E-state index contributed by atoms with van der Waals surface area (Å²) in [4.78, 5) is 11.0. The van der Waals surface area contributed by atoms with E-state index in [2.05, 4.69) is 4.74 Å². The zero-order chi connectivity index (χ0) is 12.3. The molecule has 0 saturated carbocycles. The molecule has 2 atom stereocenters. The highest BCUT2D eigenvalue weighted by Gasteiger charge is 2.26. The van der Waals surface area contributed by atoms with Gasteiger partial charge in [-0.2, -0.15) is 0 Å². The Bertz CT molecular complexity index is 393. The van der Waals surface area contributed by atoms with Crippen LogP contribution >= 0.6 is 0 Å². The molecule has 0 bridgehead atoms. The van der Waals surface area contributed by atoms with Crippen molar-refractivity contribution in [3.05, 3.63) is 35.4 Å². The molecule has 0 aliphatic heterocycles. The molecule has 16 heavy (non-hydrogen) atoms. The van der Waals surface area contributed by atoms with E-state index in [0.717, 1.165) is 25.3 Å². The summed E-state index contributed by atoms with van der Waals surface area (Å²) in [5, 5.41) is 9.49. The van der Waals surface area contributed by atoms with Gasteiger partial charge in [0.05, 0.1) is 7.11 Å². The number of esters is 1. The third-order valence-corrected chi connectivity index (χ3v) is 2.36. The summed E-state index contributed by atoms with van der Waals surface area (Å²) in [7, 11) is 1.11. The molecule has 3 nitrogen and oxygen atoms in total. The summed E-state index contributed by atoms with van der Waals surface area (Å²) in [6.45, 7) is 1.42. The van der Waals surface area contributed by atoms with Crippen LogP contribution in [0.4, 0.5) is 8.78 Å². The predicted molar refractivity (Wildman–Crippen MR) is 52.8 cm³/mol. The van der Waals surface area contributed by atoms with Crippen LogP contribution in [0.1, 0.15) is 18.4 Å². The number of aliphatic hydroxyl groups is 1. The van der Waals surface area contributed by atoms with E-state index < -0.39 is 29.6 Å². The monoisotopic (exact) mass is 230 g/mol. The first-order valence-electron chi connectivity index (χ1n) is 4.68. The highest BCUT2D eigenvalue weighted by Crippen LogP contribution is 2.23. The molecule has 88 valence electrons. The van der Waals surface area contributed by atoms with Crippen LogP contribution in [0.2, 0.25) is 0 Å². The lowest BCUT2D eigenvalue weighted by atomic mass is 9.95. The van der Waals surface area contributed by atoms with E-state index in [0.29, 0.717) is 0 Å². The molecule has 1 rings (SSSR count). The number of ether oxygens (including phenoxy) is 1. The Kier molecular flexibility index (Phi) is 3.95. The number of carbonyl (C=O) groups excluding carboxylic acids is 1. The Hall–Kier alpha value is -1.49. The number of hydrogen-bond donors (Lipinski definition) is 1. The van der Waals surface area contributed by atoms with Crippen molar-refractivity contribution in [2.24, 2.45) is 0 Å². The van der Waals surface area contributed by atoms with Crippen molar-refractivity contribution in [1.82, 2.24) is 0 Å². The fraction of sp³-hybridized carbons (Fsp3) is 0.364. The molecule has 0 aliphatic carbocycles. The van der Waals surface area contributed by atoms with Gasteiger partial charge in [-0.25, -0.2) is 13.6 Å². The molecule has 0 heterocycles. The van der Waals surface area contributed by atoms with Gasteiger partial charge in [0, 0.05) is 5.92 Å². The number of carbonyl (C=O) groups is 1. The van der Waals surface area contributed by atoms with Gasteiger partial charge in [-0.05, 0) is 23.8 Å². The molecule has 1 N–H and O–H groups in total. The maximum Gasteiger partial charge on any atom is 0.335 e. The van der Waals surface area contributed by atoms with E-state index >= 15 is 0 Å². The van der Waals surface area contributed by atoms with Crippen molar-refractivity contribution < 1.29 is 23.4 Å². The normalized spacial score (nSPS) is 14.3. The number of halogens is 2. The van der Waals surface area contributed by atoms with Gasteiger partial charge in [0.1, 0.15) is 11.6 Å². The number of aliphatic hydroxyl groups excluding tert-OH is 1. The molecular weight excluding hydrogens is 218 g/mol. The molecule has 0 radical (unpaired) electrons. The molecule has 0 aliphatic rings. The van der Waals surface area contributed by atoms with Gasteiger partial charge >= 0.3 is 5.97 Å². The Morgan fingerprint density at radius 2 is 2.06 bits per heavy atom. The van der Waals surface area contributed by atoms with Crippen molar-refractivity contribution in [2.45, 2.75) is 18.9 Å². The van der Waals surface area contributed by atoms with E-state index in [4.69, 9.17) is 0 Å². The first kappa shape index (κ1) is 12.6. The highest BCUT2D eigenvalue weighted by molar-refractivity contribution is 5.75. The van der Waals surface area contributed by atoms with Crippen molar-refractivity contribution in [3.63, 3.8) is 0 Å². The van der Waals surface area contributed by atoms with Gasteiger partial charge in [-0.3, -0.25) is 0 Å². The predicted octanol–water partition coefficient (Wildman–Crippen LogP) is 1.60. The number of hydrogen-bond acceptors (Lipinski definition) is 3. The van der Waals surface area contributed by atoms with E-state index in [-0.39, 0.29) is 5.56 Å². The van der Waals surface area contributed by atoms with E-state index in [1.807, 2.05) is 0 Å². The average Bonchev–Trinajstić information content (AvgIpc) is 2.29. The minimum absolute atomic E-state index is 0.0575. The van der Waals surface area contributed by atoms with E-state index in [9.17, 15) is 18.7 Å². The third-order valence-electron chi connectivity index (χ3n) is 2.36. The smallest absolute Gasteiger partial charge is 0.335 e. The fourth-order valence-corrected chi connectivity index (χ4v) is 1.36. The van der Waals surface area contributed by atoms with Gasteiger partial charge in [-0.1, -0.05) is 6.92 Å². The molecule has 0 fully saturated rings. The largest absolute Gasteiger partial charge is 0.467 e.